The van der Waals surface area contributed by atoms with Crippen molar-refractivity contribution in [3.63, 3.8) is 0 Å². The highest BCUT2D eigenvalue weighted by atomic mass is 35.5. The molecule has 3 N–H and O–H groups in total. The first-order chi connectivity index (χ1) is 5.24. The van der Waals surface area contributed by atoms with Crippen molar-refractivity contribution in [1.82, 2.24) is 10.6 Å². The molecule has 0 saturated carbocycles. The van der Waals surface area contributed by atoms with Crippen LogP contribution in [0.4, 0.5) is 0 Å². The quantitative estimate of drug-likeness (QED) is 0.543. The minimum Gasteiger partial charge on any atom is -0.392 e. The summed E-state index contributed by atoms with van der Waals surface area (Å²) in [6.07, 6.45) is 0.175. The molecular weight excluding hydrogens is 180 g/mol. The SMILES string of the molecule is CCNC(=O)[C@H]1C[C@@H](O)CN1.Cl. The van der Waals surface area contributed by atoms with Gasteiger partial charge in [0.2, 0.25) is 5.91 Å². The number of hydrogen-bond donors (Lipinski definition) is 3. The van der Waals surface area contributed by atoms with Gasteiger partial charge >= 0.3 is 0 Å². The largest absolute Gasteiger partial charge is 0.392 e. The molecule has 1 amide bonds. The molecule has 1 heterocycles. The van der Waals surface area contributed by atoms with E-state index in [1.54, 1.807) is 0 Å². The lowest BCUT2D eigenvalue weighted by Crippen LogP contribution is -2.40. The maximum Gasteiger partial charge on any atom is 0.237 e. The molecule has 72 valence electrons. The summed E-state index contributed by atoms with van der Waals surface area (Å²) in [7, 11) is 0. The Balaban J connectivity index is 0.00000121. The van der Waals surface area contributed by atoms with Crippen LogP contribution in [-0.2, 0) is 4.79 Å². The van der Waals surface area contributed by atoms with Crippen molar-refractivity contribution in [2.24, 2.45) is 0 Å². The number of aliphatic hydroxyl groups excluding tert-OH is 1. The highest BCUT2D eigenvalue weighted by molar-refractivity contribution is 5.85. The van der Waals surface area contributed by atoms with E-state index < -0.39 is 0 Å². The topological polar surface area (TPSA) is 61.4 Å². The number of likely N-dealkylation sites (N-methyl/N-ethyl adjacent to an activating group) is 1. The Labute approximate surface area is 78.1 Å². The molecule has 0 aromatic heterocycles. The molecule has 12 heavy (non-hydrogen) atoms. The average molecular weight is 195 g/mol. The summed E-state index contributed by atoms with van der Waals surface area (Å²) >= 11 is 0. The molecule has 5 heteroatoms. The first kappa shape index (κ1) is 11.7. The van der Waals surface area contributed by atoms with Gasteiger partial charge in [-0.2, -0.15) is 0 Å². The van der Waals surface area contributed by atoms with Crippen molar-refractivity contribution in [2.45, 2.75) is 25.5 Å². The number of rotatable bonds is 2. The van der Waals surface area contributed by atoms with Gasteiger partial charge in [0.25, 0.3) is 0 Å². The molecule has 0 aromatic rings. The van der Waals surface area contributed by atoms with Crippen molar-refractivity contribution in [3.05, 3.63) is 0 Å². The van der Waals surface area contributed by atoms with Crippen molar-refractivity contribution in [1.29, 1.82) is 0 Å². The van der Waals surface area contributed by atoms with Crippen molar-refractivity contribution in [2.75, 3.05) is 13.1 Å². The van der Waals surface area contributed by atoms with Crippen molar-refractivity contribution >= 4 is 18.3 Å². The van der Waals surface area contributed by atoms with Crippen LogP contribution in [0.5, 0.6) is 0 Å². The maximum atomic E-state index is 11.1. The van der Waals surface area contributed by atoms with E-state index in [1.165, 1.54) is 0 Å². The van der Waals surface area contributed by atoms with Crippen molar-refractivity contribution < 1.29 is 9.90 Å². The predicted octanol–water partition coefficient (Wildman–Crippen LogP) is -0.733. The smallest absolute Gasteiger partial charge is 0.237 e. The Hall–Kier alpha value is -0.320. The Kier molecular flexibility index (Phi) is 5.20. The minimum absolute atomic E-state index is 0. The number of aliphatic hydroxyl groups is 1. The molecule has 1 rings (SSSR count). The fraction of sp³-hybridized carbons (Fsp3) is 0.857. The van der Waals surface area contributed by atoms with Crippen LogP contribution in [0.1, 0.15) is 13.3 Å². The van der Waals surface area contributed by atoms with Gasteiger partial charge in [0, 0.05) is 13.1 Å². The predicted molar refractivity (Wildman–Crippen MR) is 48.3 cm³/mol. The van der Waals surface area contributed by atoms with Crippen LogP contribution in [0.2, 0.25) is 0 Å². The van der Waals surface area contributed by atoms with E-state index in [9.17, 15) is 4.79 Å². The highest BCUT2D eigenvalue weighted by Crippen LogP contribution is 2.05. The third kappa shape index (κ3) is 2.97. The van der Waals surface area contributed by atoms with Gasteiger partial charge in [-0.3, -0.25) is 4.79 Å². The number of carbonyl (C=O) groups excluding carboxylic acids is 1. The molecule has 0 radical (unpaired) electrons. The fourth-order valence-electron chi connectivity index (χ4n) is 1.21. The summed E-state index contributed by atoms with van der Waals surface area (Å²) in [5, 5.41) is 14.7. The minimum atomic E-state index is -0.359. The van der Waals surface area contributed by atoms with Crippen LogP contribution in [0.3, 0.4) is 0 Å². The molecule has 1 aliphatic rings. The van der Waals surface area contributed by atoms with Gasteiger partial charge in [-0.1, -0.05) is 0 Å². The van der Waals surface area contributed by atoms with Crippen LogP contribution in [0, 0.1) is 0 Å². The standard InChI is InChI=1S/C7H14N2O2.ClH/c1-2-8-7(11)6-3-5(10)4-9-6;/h5-6,9-10H,2-4H2,1H3,(H,8,11);1H/t5-,6-;/m1./s1. The molecular formula is C7H15ClN2O2. The molecule has 0 unspecified atom stereocenters. The van der Waals surface area contributed by atoms with Gasteiger partial charge in [0.05, 0.1) is 12.1 Å². The van der Waals surface area contributed by atoms with Gasteiger partial charge in [0.15, 0.2) is 0 Å². The van der Waals surface area contributed by atoms with Gasteiger partial charge in [-0.25, -0.2) is 0 Å². The zero-order valence-electron chi connectivity index (χ0n) is 7.04. The van der Waals surface area contributed by atoms with Crippen LogP contribution in [0.25, 0.3) is 0 Å². The zero-order valence-corrected chi connectivity index (χ0v) is 7.86. The number of amides is 1. The van der Waals surface area contributed by atoms with E-state index in [0.29, 0.717) is 19.5 Å². The van der Waals surface area contributed by atoms with E-state index in [0.717, 1.165) is 0 Å². The fourth-order valence-corrected chi connectivity index (χ4v) is 1.21. The Morgan fingerprint density at radius 3 is 2.83 bits per heavy atom. The van der Waals surface area contributed by atoms with Gasteiger partial charge in [0.1, 0.15) is 0 Å². The Morgan fingerprint density at radius 1 is 1.75 bits per heavy atom. The molecule has 0 spiro atoms. The van der Waals surface area contributed by atoms with E-state index in [2.05, 4.69) is 10.6 Å². The molecule has 0 aromatic carbocycles. The third-order valence-corrected chi connectivity index (χ3v) is 1.78. The second-order valence-corrected chi connectivity index (χ2v) is 2.74. The van der Waals surface area contributed by atoms with E-state index >= 15 is 0 Å². The van der Waals surface area contributed by atoms with Gasteiger partial charge < -0.3 is 15.7 Å². The molecule has 0 bridgehead atoms. The van der Waals surface area contributed by atoms with Crippen LogP contribution < -0.4 is 10.6 Å². The summed E-state index contributed by atoms with van der Waals surface area (Å²) in [6.45, 7) is 3.05. The number of β-amino-alcohol motifs (C(OH)–C–C–N with tert-alkyl or cyclic N) is 1. The van der Waals surface area contributed by atoms with Crippen molar-refractivity contribution in [3.8, 4) is 0 Å². The Morgan fingerprint density at radius 2 is 2.42 bits per heavy atom. The first-order valence-corrected chi connectivity index (χ1v) is 3.93. The van der Waals surface area contributed by atoms with Gasteiger partial charge in [-0.05, 0) is 13.3 Å². The van der Waals surface area contributed by atoms with Crippen LogP contribution >= 0.6 is 12.4 Å². The zero-order chi connectivity index (χ0) is 8.27. The summed E-state index contributed by atoms with van der Waals surface area (Å²) in [5.41, 5.74) is 0. The third-order valence-electron chi connectivity index (χ3n) is 1.78. The van der Waals surface area contributed by atoms with E-state index in [-0.39, 0.29) is 30.5 Å². The van der Waals surface area contributed by atoms with Crippen LogP contribution in [0.15, 0.2) is 0 Å². The lowest BCUT2D eigenvalue weighted by Gasteiger charge is -2.08. The molecule has 2 atom stereocenters. The number of nitrogens with one attached hydrogen (secondary N) is 2. The maximum absolute atomic E-state index is 11.1. The molecule has 1 fully saturated rings. The molecule has 0 aliphatic carbocycles. The van der Waals surface area contributed by atoms with Crippen LogP contribution in [-0.4, -0.2) is 36.2 Å². The number of carbonyl (C=O) groups is 1. The lowest BCUT2D eigenvalue weighted by atomic mass is 10.2. The van der Waals surface area contributed by atoms with Gasteiger partial charge in [-0.15, -0.1) is 12.4 Å². The second-order valence-electron chi connectivity index (χ2n) is 2.74. The summed E-state index contributed by atoms with van der Waals surface area (Å²) < 4.78 is 0. The lowest BCUT2D eigenvalue weighted by molar-refractivity contribution is -0.122. The summed E-state index contributed by atoms with van der Waals surface area (Å²) in [5.74, 6) is -0.0101. The molecule has 1 aliphatic heterocycles. The summed E-state index contributed by atoms with van der Waals surface area (Å²) in [4.78, 5) is 11.1. The number of halogens is 1. The molecule has 1 saturated heterocycles. The monoisotopic (exact) mass is 194 g/mol. The van der Waals surface area contributed by atoms with E-state index in [4.69, 9.17) is 5.11 Å². The molecule has 4 nitrogen and oxygen atoms in total. The second kappa shape index (κ2) is 5.35. The van der Waals surface area contributed by atoms with E-state index in [1.807, 2.05) is 6.92 Å². The summed E-state index contributed by atoms with van der Waals surface area (Å²) in [6, 6.07) is -0.190. The average Bonchev–Trinajstić information content (AvgIpc) is 2.36. The number of hydrogen-bond acceptors (Lipinski definition) is 3. The Bertz CT molecular complexity index is 154. The highest BCUT2D eigenvalue weighted by Gasteiger charge is 2.27. The first-order valence-electron chi connectivity index (χ1n) is 3.93. The normalized spacial score (nSPS) is 27.8.